The second-order valence-corrected chi connectivity index (χ2v) is 8.83. The van der Waals surface area contributed by atoms with Gasteiger partial charge in [-0.15, -0.1) is 0 Å². The summed E-state index contributed by atoms with van der Waals surface area (Å²) in [4.78, 5) is 36.5. The first-order valence-electron chi connectivity index (χ1n) is 10.8. The predicted octanol–water partition coefficient (Wildman–Crippen LogP) is 4.64. The fourth-order valence-corrected chi connectivity index (χ4v) is 4.49. The fourth-order valence-electron chi connectivity index (χ4n) is 4.12. The van der Waals surface area contributed by atoms with Gasteiger partial charge in [0.1, 0.15) is 6.61 Å². The number of methoxy groups -OCH3 is 1. The van der Waals surface area contributed by atoms with Crippen molar-refractivity contribution in [1.29, 1.82) is 0 Å². The van der Waals surface area contributed by atoms with Gasteiger partial charge in [-0.1, -0.05) is 64.5 Å². The highest BCUT2D eigenvalue weighted by molar-refractivity contribution is 9.10. The van der Waals surface area contributed by atoms with Crippen molar-refractivity contribution >= 4 is 39.6 Å². The van der Waals surface area contributed by atoms with Crippen LogP contribution in [0, 0.1) is 0 Å². The summed E-state index contributed by atoms with van der Waals surface area (Å²) in [5.74, 6) is -1.87. The van der Waals surface area contributed by atoms with Gasteiger partial charge in [0, 0.05) is 17.5 Å². The number of carboxylic acid groups (broad SMARTS) is 1. The molecule has 4 rings (SSSR count). The van der Waals surface area contributed by atoms with Gasteiger partial charge in [0.25, 0.3) is 5.91 Å². The van der Waals surface area contributed by atoms with E-state index in [1.54, 1.807) is 6.07 Å². The largest absolute Gasteiger partial charge is 0.478 e. The highest BCUT2D eigenvalue weighted by Gasteiger charge is 2.29. The Morgan fingerprint density at radius 2 is 1.63 bits per heavy atom. The minimum absolute atomic E-state index is 0.0768. The van der Waals surface area contributed by atoms with Crippen LogP contribution in [0.4, 0.5) is 10.5 Å². The van der Waals surface area contributed by atoms with Crippen LogP contribution in [-0.4, -0.2) is 49.4 Å². The van der Waals surface area contributed by atoms with E-state index >= 15 is 0 Å². The minimum Gasteiger partial charge on any atom is -0.478 e. The number of anilines is 1. The van der Waals surface area contributed by atoms with Gasteiger partial charge in [0.05, 0.1) is 17.8 Å². The molecule has 0 fully saturated rings. The first kappa shape index (κ1) is 24.4. The number of amides is 2. The molecule has 0 heterocycles. The molecular weight excluding hydrogens is 516 g/mol. The lowest BCUT2D eigenvalue weighted by atomic mass is 9.98. The number of hydrogen-bond acceptors (Lipinski definition) is 5. The second-order valence-electron chi connectivity index (χ2n) is 7.92. The molecule has 2 amide bonds. The number of ether oxygens (including phenoxy) is 2. The molecule has 3 aromatic carbocycles. The maximum Gasteiger partial charge on any atom is 0.407 e. The minimum atomic E-state index is -1.19. The number of hydrogen-bond donors (Lipinski definition) is 3. The Morgan fingerprint density at radius 1 is 1.00 bits per heavy atom. The van der Waals surface area contributed by atoms with E-state index in [0.717, 1.165) is 22.3 Å². The van der Waals surface area contributed by atoms with Gasteiger partial charge in [-0.25, -0.2) is 9.59 Å². The molecular formula is C26H23BrN2O6. The molecule has 0 bridgehead atoms. The molecule has 0 aliphatic heterocycles. The normalized spacial score (nSPS) is 12.9. The average molecular weight is 539 g/mol. The van der Waals surface area contributed by atoms with E-state index < -0.39 is 24.1 Å². The summed E-state index contributed by atoms with van der Waals surface area (Å²) in [5, 5.41) is 14.5. The SMILES string of the molecule is COC(CNC(=O)OCC1c2ccccc2-c2ccccc21)C(=O)Nc1ccc(Br)cc1C(=O)O. The maximum absolute atomic E-state index is 12.6. The van der Waals surface area contributed by atoms with E-state index in [4.69, 9.17) is 9.47 Å². The number of benzene rings is 3. The van der Waals surface area contributed by atoms with E-state index in [1.807, 2.05) is 36.4 Å². The first-order chi connectivity index (χ1) is 16.9. The molecule has 1 unspecified atom stereocenters. The highest BCUT2D eigenvalue weighted by Crippen LogP contribution is 2.44. The Bertz CT molecular complexity index is 1230. The van der Waals surface area contributed by atoms with Gasteiger partial charge in [-0.2, -0.15) is 0 Å². The third-order valence-corrected chi connectivity index (χ3v) is 6.32. The first-order valence-corrected chi connectivity index (χ1v) is 11.6. The van der Waals surface area contributed by atoms with Crippen molar-refractivity contribution in [1.82, 2.24) is 5.32 Å². The quantitative estimate of drug-likeness (QED) is 0.385. The third-order valence-electron chi connectivity index (χ3n) is 5.82. The van der Waals surface area contributed by atoms with Crippen LogP contribution in [-0.2, 0) is 14.3 Å². The van der Waals surface area contributed by atoms with Crippen LogP contribution in [0.25, 0.3) is 11.1 Å². The zero-order chi connectivity index (χ0) is 24.9. The lowest BCUT2D eigenvalue weighted by molar-refractivity contribution is -0.125. The summed E-state index contributed by atoms with van der Waals surface area (Å²) in [6.45, 7) is -0.0114. The Labute approximate surface area is 210 Å². The Hall–Kier alpha value is -3.69. The molecule has 3 aromatic rings. The van der Waals surface area contributed by atoms with Crippen LogP contribution in [0.5, 0.6) is 0 Å². The van der Waals surface area contributed by atoms with E-state index in [1.165, 1.54) is 19.2 Å². The zero-order valence-corrected chi connectivity index (χ0v) is 20.4. The Balaban J connectivity index is 1.35. The van der Waals surface area contributed by atoms with Crippen LogP contribution < -0.4 is 10.6 Å². The van der Waals surface area contributed by atoms with Crippen LogP contribution in [0.3, 0.4) is 0 Å². The molecule has 0 aromatic heterocycles. The lowest BCUT2D eigenvalue weighted by Crippen LogP contribution is -2.41. The molecule has 35 heavy (non-hydrogen) atoms. The maximum atomic E-state index is 12.6. The van der Waals surface area contributed by atoms with Crippen LogP contribution >= 0.6 is 15.9 Å². The van der Waals surface area contributed by atoms with Gasteiger partial charge >= 0.3 is 12.1 Å². The number of carboxylic acids is 1. The molecule has 1 aliphatic rings. The van der Waals surface area contributed by atoms with Gasteiger partial charge in [-0.3, -0.25) is 4.79 Å². The molecule has 9 heteroatoms. The summed E-state index contributed by atoms with van der Waals surface area (Å²) >= 11 is 3.21. The van der Waals surface area contributed by atoms with Gasteiger partial charge in [0.15, 0.2) is 6.10 Å². The van der Waals surface area contributed by atoms with Crippen molar-refractivity contribution in [3.63, 3.8) is 0 Å². The zero-order valence-electron chi connectivity index (χ0n) is 18.8. The number of carbonyl (C=O) groups is 3. The molecule has 1 aliphatic carbocycles. The number of fused-ring (bicyclic) bond motifs is 3. The standard InChI is InChI=1S/C26H23BrN2O6/c1-34-23(24(30)29-22-11-10-15(27)12-20(22)25(31)32)13-28-26(33)35-14-21-18-8-4-2-6-16(18)17-7-3-5-9-19(17)21/h2-12,21,23H,13-14H2,1H3,(H,28,33)(H,29,30)(H,31,32). The van der Waals surface area contributed by atoms with Gasteiger partial charge < -0.3 is 25.2 Å². The lowest BCUT2D eigenvalue weighted by Gasteiger charge is -2.18. The van der Waals surface area contributed by atoms with Gasteiger partial charge in [0.2, 0.25) is 0 Å². The number of aromatic carboxylic acids is 1. The average Bonchev–Trinajstić information content (AvgIpc) is 3.18. The molecule has 180 valence electrons. The number of alkyl carbamates (subject to hydrolysis) is 1. The molecule has 0 saturated carbocycles. The smallest absolute Gasteiger partial charge is 0.407 e. The molecule has 0 saturated heterocycles. The van der Waals surface area contributed by atoms with E-state index in [9.17, 15) is 19.5 Å². The molecule has 3 N–H and O–H groups in total. The van der Waals surface area contributed by atoms with Crippen LogP contribution in [0.2, 0.25) is 0 Å². The molecule has 0 radical (unpaired) electrons. The Morgan fingerprint density at radius 3 is 2.23 bits per heavy atom. The molecule has 0 spiro atoms. The number of nitrogens with one attached hydrogen (secondary N) is 2. The Kier molecular flexibility index (Phi) is 7.48. The summed E-state index contributed by atoms with van der Waals surface area (Å²) in [7, 11) is 1.32. The monoisotopic (exact) mass is 538 g/mol. The second kappa shape index (κ2) is 10.7. The summed E-state index contributed by atoms with van der Waals surface area (Å²) < 4.78 is 11.2. The van der Waals surface area contributed by atoms with E-state index in [0.29, 0.717) is 4.47 Å². The highest BCUT2D eigenvalue weighted by atomic mass is 79.9. The predicted molar refractivity (Wildman–Crippen MR) is 134 cm³/mol. The number of rotatable bonds is 8. The molecule has 1 atom stereocenters. The molecule has 8 nitrogen and oxygen atoms in total. The summed E-state index contributed by atoms with van der Waals surface area (Å²) in [6, 6.07) is 20.5. The fraction of sp³-hybridized carbons (Fsp3) is 0.192. The van der Waals surface area contributed by atoms with Crippen molar-refractivity contribution in [2.45, 2.75) is 12.0 Å². The van der Waals surface area contributed by atoms with E-state index in [-0.39, 0.29) is 30.3 Å². The summed E-state index contributed by atoms with van der Waals surface area (Å²) in [6.07, 6.45) is -1.74. The van der Waals surface area contributed by atoms with Crippen LogP contribution in [0.1, 0.15) is 27.4 Å². The van der Waals surface area contributed by atoms with Crippen molar-refractivity contribution < 1.29 is 29.0 Å². The third kappa shape index (κ3) is 5.36. The number of carbonyl (C=O) groups excluding carboxylic acids is 2. The van der Waals surface area contributed by atoms with E-state index in [2.05, 4.69) is 38.7 Å². The van der Waals surface area contributed by atoms with Gasteiger partial charge in [-0.05, 0) is 40.5 Å². The summed E-state index contributed by atoms with van der Waals surface area (Å²) in [5.41, 5.74) is 4.49. The van der Waals surface area contributed by atoms with Crippen molar-refractivity contribution in [2.24, 2.45) is 0 Å². The van der Waals surface area contributed by atoms with Crippen LogP contribution in [0.15, 0.2) is 71.2 Å². The van der Waals surface area contributed by atoms with Crippen molar-refractivity contribution in [3.05, 3.63) is 87.9 Å². The van der Waals surface area contributed by atoms with Crippen molar-refractivity contribution in [2.75, 3.05) is 25.6 Å². The topological polar surface area (TPSA) is 114 Å². The van der Waals surface area contributed by atoms with Crippen molar-refractivity contribution in [3.8, 4) is 11.1 Å². The number of halogens is 1.